The summed E-state index contributed by atoms with van der Waals surface area (Å²) in [6.45, 7) is 12.1. The quantitative estimate of drug-likeness (QED) is 0.475. The molecular formula is C18H40BrN. The second-order valence-electron chi connectivity index (χ2n) is 7.12. The lowest BCUT2D eigenvalue weighted by molar-refractivity contribution is -0.894. The van der Waals surface area contributed by atoms with Crippen molar-refractivity contribution in [3.05, 3.63) is 0 Å². The van der Waals surface area contributed by atoms with Gasteiger partial charge in [0.2, 0.25) is 0 Å². The van der Waals surface area contributed by atoms with Gasteiger partial charge in [0.05, 0.1) is 27.2 Å². The fourth-order valence-corrected chi connectivity index (χ4v) is 3.20. The summed E-state index contributed by atoms with van der Waals surface area (Å²) < 4.78 is 1.22. The van der Waals surface area contributed by atoms with Gasteiger partial charge in [0.15, 0.2) is 0 Å². The minimum absolute atomic E-state index is 0. The lowest BCUT2D eigenvalue weighted by Crippen LogP contribution is -3.00. The molecule has 0 aromatic heterocycles. The summed E-state index contributed by atoms with van der Waals surface area (Å²) >= 11 is 0. The largest absolute Gasteiger partial charge is 1.00 e. The molecule has 0 aromatic carbocycles. The Bertz CT molecular complexity index is 204. The first-order valence-electron chi connectivity index (χ1n) is 8.80. The van der Waals surface area contributed by atoms with Gasteiger partial charge in [-0.1, -0.05) is 59.8 Å². The first-order valence-corrected chi connectivity index (χ1v) is 8.80. The van der Waals surface area contributed by atoms with Crippen LogP contribution in [0.5, 0.6) is 0 Å². The zero-order valence-corrected chi connectivity index (χ0v) is 16.6. The van der Waals surface area contributed by atoms with Crippen LogP contribution in [0.4, 0.5) is 0 Å². The molecule has 20 heavy (non-hydrogen) atoms. The molecule has 1 nitrogen and oxygen atoms in total. The van der Waals surface area contributed by atoms with Gasteiger partial charge in [0.25, 0.3) is 0 Å². The Hall–Kier alpha value is 0.440. The van der Waals surface area contributed by atoms with Gasteiger partial charge in [-0.25, -0.2) is 0 Å². The Morgan fingerprint density at radius 3 is 1.80 bits per heavy atom. The summed E-state index contributed by atoms with van der Waals surface area (Å²) in [5, 5.41) is 0. The Morgan fingerprint density at radius 2 is 1.35 bits per heavy atom. The number of hydrogen-bond acceptors (Lipinski definition) is 0. The van der Waals surface area contributed by atoms with Crippen molar-refractivity contribution in [1.29, 1.82) is 0 Å². The third-order valence-electron chi connectivity index (χ3n) is 4.66. The van der Waals surface area contributed by atoms with Crippen molar-refractivity contribution in [2.75, 3.05) is 27.2 Å². The van der Waals surface area contributed by atoms with Crippen LogP contribution >= 0.6 is 0 Å². The van der Waals surface area contributed by atoms with Crippen molar-refractivity contribution in [3.8, 4) is 0 Å². The average Bonchev–Trinajstić information content (AvgIpc) is 2.39. The molecule has 0 aliphatic carbocycles. The van der Waals surface area contributed by atoms with Crippen LogP contribution in [-0.2, 0) is 0 Å². The first-order chi connectivity index (χ1) is 8.99. The van der Waals surface area contributed by atoms with Gasteiger partial charge in [-0.05, 0) is 25.2 Å². The van der Waals surface area contributed by atoms with Gasteiger partial charge in [0.1, 0.15) is 0 Å². The van der Waals surface area contributed by atoms with Crippen molar-refractivity contribution in [2.24, 2.45) is 11.8 Å². The van der Waals surface area contributed by atoms with E-state index in [0.717, 1.165) is 11.8 Å². The molecule has 2 unspecified atom stereocenters. The molecule has 0 aromatic rings. The molecule has 0 aliphatic heterocycles. The summed E-state index contributed by atoms with van der Waals surface area (Å²) in [7, 11) is 4.84. The fourth-order valence-electron chi connectivity index (χ4n) is 3.20. The maximum absolute atomic E-state index is 2.42. The van der Waals surface area contributed by atoms with Gasteiger partial charge in [0, 0.05) is 5.92 Å². The van der Waals surface area contributed by atoms with Crippen LogP contribution in [0.25, 0.3) is 0 Å². The van der Waals surface area contributed by atoms with E-state index in [1.165, 1.54) is 68.9 Å². The summed E-state index contributed by atoms with van der Waals surface area (Å²) in [6.07, 6.45) is 11.1. The molecule has 0 radical (unpaired) electrons. The Kier molecular flexibility index (Phi) is 14.9. The summed E-state index contributed by atoms with van der Waals surface area (Å²) in [6, 6.07) is 0. The topological polar surface area (TPSA) is 0 Å². The maximum Gasteiger partial charge on any atom is 0.0811 e. The predicted octanol–water partition coefficient (Wildman–Crippen LogP) is 2.50. The van der Waals surface area contributed by atoms with Gasteiger partial charge < -0.3 is 21.5 Å². The van der Waals surface area contributed by atoms with Gasteiger partial charge in [-0.15, -0.1) is 0 Å². The highest BCUT2D eigenvalue weighted by atomic mass is 79.9. The molecule has 0 heterocycles. The van der Waals surface area contributed by atoms with E-state index in [9.17, 15) is 0 Å². The molecule has 0 N–H and O–H groups in total. The minimum Gasteiger partial charge on any atom is -1.00 e. The second kappa shape index (κ2) is 13.1. The van der Waals surface area contributed by atoms with Crippen LogP contribution in [-0.4, -0.2) is 31.7 Å². The van der Waals surface area contributed by atoms with E-state index in [1.807, 2.05) is 0 Å². The van der Waals surface area contributed by atoms with Gasteiger partial charge in [-0.2, -0.15) is 0 Å². The van der Waals surface area contributed by atoms with E-state index in [4.69, 9.17) is 0 Å². The Morgan fingerprint density at radius 1 is 0.800 bits per heavy atom. The SMILES string of the molecule is CCCCC(CC)CC(CC)C[N+](C)(C)CCCC.[Br-]. The zero-order chi connectivity index (χ0) is 14.7. The average molecular weight is 350 g/mol. The monoisotopic (exact) mass is 349 g/mol. The van der Waals surface area contributed by atoms with Crippen LogP contribution in [0.15, 0.2) is 0 Å². The standard InChI is InChI=1S/C18H40N.BrH/c1-7-11-13-17(9-3)15-18(10-4)16-19(5,6)14-12-8-2;/h17-18H,7-16H2,1-6H3;1H/q+1;/p-1. The number of hydrogen-bond donors (Lipinski definition) is 0. The zero-order valence-electron chi connectivity index (χ0n) is 15.1. The van der Waals surface area contributed by atoms with Gasteiger partial charge in [-0.3, -0.25) is 0 Å². The van der Waals surface area contributed by atoms with Crippen molar-refractivity contribution in [2.45, 2.75) is 79.1 Å². The predicted molar refractivity (Wildman–Crippen MR) is 88.5 cm³/mol. The van der Waals surface area contributed by atoms with Crippen LogP contribution in [0, 0.1) is 11.8 Å². The number of unbranched alkanes of at least 4 members (excludes halogenated alkanes) is 2. The van der Waals surface area contributed by atoms with Crippen LogP contribution in [0.2, 0.25) is 0 Å². The molecule has 0 fully saturated rings. The van der Waals surface area contributed by atoms with E-state index >= 15 is 0 Å². The first kappa shape index (κ1) is 22.7. The number of nitrogens with zero attached hydrogens (tertiary/aromatic N) is 1. The maximum atomic E-state index is 2.42. The molecule has 0 saturated carbocycles. The third kappa shape index (κ3) is 11.1. The summed E-state index contributed by atoms with van der Waals surface area (Å²) in [5.74, 6) is 1.89. The Balaban J connectivity index is 0. The molecule has 0 bridgehead atoms. The van der Waals surface area contributed by atoms with E-state index in [2.05, 4.69) is 41.8 Å². The van der Waals surface area contributed by atoms with E-state index in [-0.39, 0.29) is 17.0 Å². The third-order valence-corrected chi connectivity index (χ3v) is 4.66. The molecule has 0 saturated heterocycles. The van der Waals surface area contributed by atoms with Crippen LogP contribution < -0.4 is 17.0 Å². The van der Waals surface area contributed by atoms with Crippen LogP contribution in [0.3, 0.4) is 0 Å². The smallest absolute Gasteiger partial charge is 0.0811 e. The molecule has 2 atom stereocenters. The molecule has 0 spiro atoms. The molecule has 124 valence electrons. The molecule has 2 heteroatoms. The minimum atomic E-state index is 0. The molecule has 0 aliphatic rings. The number of quaternary nitrogens is 1. The van der Waals surface area contributed by atoms with Crippen LogP contribution in [0.1, 0.15) is 79.1 Å². The van der Waals surface area contributed by atoms with E-state index in [0.29, 0.717) is 0 Å². The van der Waals surface area contributed by atoms with E-state index in [1.54, 1.807) is 0 Å². The highest BCUT2D eigenvalue weighted by Gasteiger charge is 2.22. The number of halogens is 1. The molecule has 0 rings (SSSR count). The van der Waals surface area contributed by atoms with Crippen molar-refractivity contribution >= 4 is 0 Å². The van der Waals surface area contributed by atoms with Crippen molar-refractivity contribution in [3.63, 3.8) is 0 Å². The van der Waals surface area contributed by atoms with Crippen molar-refractivity contribution in [1.82, 2.24) is 0 Å². The Labute approximate surface area is 139 Å². The van der Waals surface area contributed by atoms with E-state index < -0.39 is 0 Å². The summed E-state index contributed by atoms with van der Waals surface area (Å²) in [4.78, 5) is 0. The summed E-state index contributed by atoms with van der Waals surface area (Å²) in [5.41, 5.74) is 0. The lowest BCUT2D eigenvalue weighted by atomic mass is 9.87. The second-order valence-corrected chi connectivity index (χ2v) is 7.12. The van der Waals surface area contributed by atoms with Crippen molar-refractivity contribution < 1.29 is 21.5 Å². The lowest BCUT2D eigenvalue weighted by Gasteiger charge is -2.34. The normalized spacial score (nSPS) is 14.7. The fraction of sp³-hybridized carbons (Fsp3) is 1.00. The highest BCUT2D eigenvalue weighted by Crippen LogP contribution is 2.25. The molecular weight excluding hydrogens is 310 g/mol. The highest BCUT2D eigenvalue weighted by molar-refractivity contribution is 4.65. The van der Waals surface area contributed by atoms with Gasteiger partial charge >= 0.3 is 0 Å². The molecule has 0 amide bonds. The number of rotatable bonds is 12.